The summed E-state index contributed by atoms with van der Waals surface area (Å²) in [7, 11) is -5.33. The van der Waals surface area contributed by atoms with E-state index in [1.807, 2.05) is 0 Å². The Kier molecular flexibility index (Phi) is 6.79. The van der Waals surface area contributed by atoms with Crippen LogP contribution >= 0.6 is 34.8 Å². The van der Waals surface area contributed by atoms with Crippen molar-refractivity contribution in [3.8, 4) is 0 Å². The van der Waals surface area contributed by atoms with Crippen LogP contribution in [0.1, 0.15) is 6.42 Å². The predicted molar refractivity (Wildman–Crippen MR) is 41.8 cm³/mol. The van der Waals surface area contributed by atoms with Crippen LogP contribution in [-0.4, -0.2) is 32.1 Å². The van der Waals surface area contributed by atoms with Crippen LogP contribution in [0, 0.1) is 0 Å². The van der Waals surface area contributed by atoms with Crippen LogP contribution in [-0.2, 0) is 10.1 Å². The summed E-state index contributed by atoms with van der Waals surface area (Å²) in [6, 6.07) is 0. The Morgan fingerprint density at radius 2 is 1.54 bits per heavy atom. The largest absolute Gasteiger partial charge is 1.00 e. The van der Waals surface area contributed by atoms with Crippen LogP contribution in [0.4, 0.5) is 0 Å². The molecule has 0 aromatic heterocycles. The Morgan fingerprint density at radius 3 is 1.62 bits per heavy atom. The third kappa shape index (κ3) is 6.72. The molecule has 10 heteroatoms. The van der Waals surface area contributed by atoms with Crippen LogP contribution in [0.2, 0.25) is 0 Å². The first-order chi connectivity index (χ1) is 4.96. The monoisotopic (exact) mass is 280 g/mol. The average Bonchev–Trinajstić information content (AvgIpc) is 1.52. The summed E-state index contributed by atoms with van der Waals surface area (Å²) in [6.07, 6.45) is -1.21. The van der Waals surface area contributed by atoms with Crippen molar-refractivity contribution in [1.82, 2.24) is 0 Å². The van der Waals surface area contributed by atoms with Gasteiger partial charge in [0.25, 0.3) is 5.12 Å². The van der Waals surface area contributed by atoms with Crippen LogP contribution in [0.25, 0.3) is 0 Å². The molecule has 0 aromatic rings. The second-order valence-electron chi connectivity index (χ2n) is 1.99. The van der Waals surface area contributed by atoms with Gasteiger partial charge < -0.3 is 14.8 Å². The number of alkyl halides is 3. The second-order valence-corrected chi connectivity index (χ2v) is 6.07. The molecule has 13 heavy (non-hydrogen) atoms. The molecule has 0 aliphatic rings. The fraction of sp³-hybridized carbons (Fsp3) is 1.00. The summed E-state index contributed by atoms with van der Waals surface area (Å²) in [4.78, 5) is 0. The molecule has 0 spiro atoms. The molecule has 0 unspecified atom stereocenters. The minimum absolute atomic E-state index is 0. The number of hydrogen-bond donors (Lipinski definition) is 2. The molecule has 0 rings (SSSR count). The van der Waals surface area contributed by atoms with E-state index >= 15 is 0 Å². The van der Waals surface area contributed by atoms with Gasteiger partial charge in [-0.2, -0.15) is 0 Å². The molecule has 0 saturated carbocycles. The standard InChI is InChI=1S/C3H5Cl3O5S.Na/c4-2(5,6)1-3(7,8)12(9,10)11;/h7-8H,1H2,(H,9,10,11);/q;+1/p-1. The molecule has 74 valence electrons. The van der Waals surface area contributed by atoms with Gasteiger partial charge in [-0.05, 0) is 0 Å². The zero-order chi connectivity index (χ0) is 10.2. The summed E-state index contributed by atoms with van der Waals surface area (Å²) >= 11 is 15.1. The first-order valence-electron chi connectivity index (χ1n) is 2.43. The third-order valence-corrected chi connectivity index (χ3v) is 2.18. The summed E-state index contributed by atoms with van der Waals surface area (Å²) in [5.74, 6) is 0. The molecule has 0 aromatic carbocycles. The molecule has 0 bridgehead atoms. The molecule has 0 aliphatic carbocycles. The van der Waals surface area contributed by atoms with Crippen LogP contribution in [0.3, 0.4) is 0 Å². The van der Waals surface area contributed by atoms with Gasteiger partial charge in [0.2, 0.25) is 0 Å². The van der Waals surface area contributed by atoms with Gasteiger partial charge in [-0.1, -0.05) is 34.8 Å². The number of aliphatic hydroxyl groups is 2. The molecule has 0 saturated heterocycles. The Balaban J connectivity index is 0. The Bertz CT molecular complexity index is 257. The Labute approximate surface area is 112 Å². The maximum Gasteiger partial charge on any atom is 1.00 e. The van der Waals surface area contributed by atoms with E-state index in [0.29, 0.717) is 0 Å². The van der Waals surface area contributed by atoms with Crippen molar-refractivity contribution in [3.05, 3.63) is 0 Å². The van der Waals surface area contributed by atoms with E-state index in [4.69, 9.17) is 45.0 Å². The molecule has 0 heterocycles. The van der Waals surface area contributed by atoms with Crippen molar-refractivity contribution in [2.24, 2.45) is 0 Å². The van der Waals surface area contributed by atoms with Crippen molar-refractivity contribution < 1.29 is 52.7 Å². The fourth-order valence-electron chi connectivity index (χ4n) is 0.350. The zero-order valence-electron chi connectivity index (χ0n) is 6.37. The molecule has 0 fully saturated rings. The molecule has 0 amide bonds. The minimum Gasteiger partial charge on any atom is -0.744 e. The van der Waals surface area contributed by atoms with Crippen molar-refractivity contribution in [3.63, 3.8) is 0 Å². The molecule has 0 aliphatic heterocycles. The predicted octanol–water partition coefficient (Wildman–Crippen LogP) is -3.07. The summed E-state index contributed by atoms with van der Waals surface area (Å²) in [5.41, 5.74) is 0. The fourth-order valence-corrected chi connectivity index (χ4v) is 1.54. The van der Waals surface area contributed by atoms with E-state index in [1.165, 1.54) is 0 Å². The Hall–Kier alpha value is 1.70. The maximum absolute atomic E-state index is 10.1. The van der Waals surface area contributed by atoms with Gasteiger partial charge in [-0.15, -0.1) is 0 Å². The van der Waals surface area contributed by atoms with Crippen LogP contribution in [0.15, 0.2) is 0 Å². The summed E-state index contributed by atoms with van der Waals surface area (Å²) < 4.78 is 28.1. The van der Waals surface area contributed by atoms with E-state index in [-0.39, 0.29) is 29.6 Å². The quantitative estimate of drug-likeness (QED) is 0.242. The first kappa shape index (κ1) is 17.1. The molecule has 2 N–H and O–H groups in total. The van der Waals surface area contributed by atoms with Crippen molar-refractivity contribution in [2.45, 2.75) is 15.3 Å². The van der Waals surface area contributed by atoms with Gasteiger partial charge in [0, 0.05) is 0 Å². The zero-order valence-corrected chi connectivity index (χ0v) is 11.5. The van der Waals surface area contributed by atoms with E-state index < -0.39 is 25.5 Å². The number of halogens is 3. The van der Waals surface area contributed by atoms with Crippen molar-refractivity contribution in [2.75, 3.05) is 0 Å². The minimum atomic E-state index is -5.33. The van der Waals surface area contributed by atoms with Crippen molar-refractivity contribution >= 4 is 44.9 Å². The number of hydrogen-bond acceptors (Lipinski definition) is 5. The van der Waals surface area contributed by atoms with E-state index in [2.05, 4.69) is 0 Å². The maximum atomic E-state index is 10.1. The number of rotatable bonds is 2. The Morgan fingerprint density at radius 1 is 1.23 bits per heavy atom. The normalized spacial score (nSPS) is 13.7. The van der Waals surface area contributed by atoms with Crippen molar-refractivity contribution in [1.29, 1.82) is 0 Å². The van der Waals surface area contributed by atoms with Gasteiger partial charge in [-0.3, -0.25) is 0 Å². The van der Waals surface area contributed by atoms with E-state index in [0.717, 1.165) is 0 Å². The van der Waals surface area contributed by atoms with E-state index in [1.54, 1.807) is 0 Å². The molecular weight excluding hydrogens is 277 g/mol. The van der Waals surface area contributed by atoms with E-state index in [9.17, 15) is 13.0 Å². The third-order valence-electron chi connectivity index (χ3n) is 0.831. The topological polar surface area (TPSA) is 97.7 Å². The van der Waals surface area contributed by atoms with Gasteiger partial charge in [0.15, 0.2) is 13.9 Å². The smallest absolute Gasteiger partial charge is 0.744 e. The molecular formula is C3H4Cl3NaO5S. The van der Waals surface area contributed by atoms with Gasteiger partial charge in [0.05, 0.1) is 6.42 Å². The SMILES string of the molecule is O=S(=O)([O-])C(O)(O)CC(Cl)(Cl)Cl.[Na+]. The first-order valence-corrected chi connectivity index (χ1v) is 4.97. The van der Waals surface area contributed by atoms with Gasteiger partial charge >= 0.3 is 29.6 Å². The van der Waals surface area contributed by atoms with Crippen LogP contribution < -0.4 is 29.6 Å². The molecule has 0 atom stereocenters. The second kappa shape index (κ2) is 5.16. The average molecular weight is 281 g/mol. The summed E-state index contributed by atoms with van der Waals surface area (Å²) in [5, 5.41) is 13.6. The molecule has 0 radical (unpaired) electrons. The van der Waals surface area contributed by atoms with Gasteiger partial charge in [0.1, 0.15) is 0 Å². The van der Waals surface area contributed by atoms with Crippen LogP contribution in [0.5, 0.6) is 0 Å². The molecule has 5 nitrogen and oxygen atoms in total. The summed E-state index contributed by atoms with van der Waals surface area (Å²) in [6.45, 7) is 0. The van der Waals surface area contributed by atoms with Gasteiger partial charge in [-0.25, -0.2) is 8.42 Å².